The quantitative estimate of drug-likeness (QED) is 0.525. The standard InChI is InChI=1S/3C2H6N.HI.Sn/c3*1-3-2;;/h3*1-2H3;1H;/q3*-1;;+4/p-1. The molecular weight excluding hydrogens is 360 g/mol. The van der Waals surface area contributed by atoms with Crippen LogP contribution in [0, 0.1) is 0 Å². The van der Waals surface area contributed by atoms with Gasteiger partial charge in [0.1, 0.15) is 0 Å². The molecule has 0 spiro atoms. The van der Waals surface area contributed by atoms with Gasteiger partial charge in [-0.2, -0.15) is 0 Å². The predicted molar refractivity (Wildman–Crippen MR) is 60.8 cm³/mol. The third-order valence-corrected chi connectivity index (χ3v) is 30.9. The molecule has 0 atom stereocenters. The molecule has 0 saturated carbocycles. The Hall–Kier alpha value is 1.41. The molecule has 0 radical (unpaired) electrons. The second-order valence-corrected chi connectivity index (χ2v) is 23.8. The van der Waals surface area contributed by atoms with Crippen LogP contribution in [0.4, 0.5) is 0 Å². The number of nitrogens with zero attached hydrogens (tertiary/aromatic N) is 3. The zero-order valence-electron chi connectivity index (χ0n) is 8.22. The van der Waals surface area contributed by atoms with Crippen molar-refractivity contribution in [3.63, 3.8) is 0 Å². The maximum absolute atomic E-state index is 2.63. The number of halogens is 1. The summed E-state index contributed by atoms with van der Waals surface area (Å²) in [6.45, 7) is 0. The molecule has 0 heterocycles. The molecule has 0 fully saturated rings. The Morgan fingerprint density at radius 1 is 0.727 bits per heavy atom. The van der Waals surface area contributed by atoms with Crippen LogP contribution >= 0.6 is 18.6 Å². The van der Waals surface area contributed by atoms with E-state index in [9.17, 15) is 0 Å². The molecule has 0 aromatic heterocycles. The average molecular weight is 378 g/mol. The van der Waals surface area contributed by atoms with Gasteiger partial charge in [-0.3, -0.25) is 0 Å². The fourth-order valence-corrected chi connectivity index (χ4v) is 8.05. The second-order valence-electron chi connectivity index (χ2n) is 3.24. The summed E-state index contributed by atoms with van der Waals surface area (Å²) in [5.74, 6) is 0. The first kappa shape index (κ1) is 12.4. The molecule has 0 N–H and O–H groups in total. The summed E-state index contributed by atoms with van der Waals surface area (Å²) in [5.41, 5.74) is 0. The fourth-order valence-electron chi connectivity index (χ4n) is 1.20. The Balaban J connectivity index is 4.53. The van der Waals surface area contributed by atoms with Crippen LogP contribution in [0.15, 0.2) is 0 Å². The van der Waals surface area contributed by atoms with Crippen LogP contribution in [-0.4, -0.2) is 66.9 Å². The van der Waals surface area contributed by atoms with Gasteiger partial charge in [0.15, 0.2) is 0 Å². The molecule has 0 aromatic rings. The first-order valence-electron chi connectivity index (χ1n) is 3.54. The summed E-state index contributed by atoms with van der Waals surface area (Å²) in [5, 5.41) is 0. The second kappa shape index (κ2) is 4.59. The molecule has 0 amide bonds. The Labute approximate surface area is 84.8 Å². The van der Waals surface area contributed by atoms with Crippen LogP contribution in [0.3, 0.4) is 0 Å². The van der Waals surface area contributed by atoms with Crippen molar-refractivity contribution in [2.24, 2.45) is 0 Å². The topological polar surface area (TPSA) is 9.72 Å². The van der Waals surface area contributed by atoms with Gasteiger partial charge in [0, 0.05) is 0 Å². The summed E-state index contributed by atoms with van der Waals surface area (Å²) >= 11 is 0.363. The predicted octanol–water partition coefficient (Wildman–Crippen LogP) is 0.542. The molecule has 5 heteroatoms. The van der Waals surface area contributed by atoms with Crippen molar-refractivity contribution in [2.75, 3.05) is 42.3 Å². The molecule has 0 rings (SSSR count). The number of hydrogen-bond acceptors (Lipinski definition) is 3. The van der Waals surface area contributed by atoms with E-state index in [-0.39, 0.29) is 0 Å². The minimum absolute atomic E-state index is 2.17. The van der Waals surface area contributed by atoms with E-state index in [1.165, 1.54) is 0 Å². The Morgan fingerprint density at radius 3 is 0.909 bits per heavy atom. The van der Waals surface area contributed by atoms with E-state index >= 15 is 0 Å². The van der Waals surface area contributed by atoms with Gasteiger partial charge < -0.3 is 0 Å². The van der Waals surface area contributed by atoms with Crippen LogP contribution in [0.5, 0.6) is 0 Å². The maximum atomic E-state index is 2.63. The van der Waals surface area contributed by atoms with Crippen molar-refractivity contribution < 1.29 is 0 Å². The van der Waals surface area contributed by atoms with Crippen molar-refractivity contribution in [3.8, 4) is 0 Å². The van der Waals surface area contributed by atoms with Crippen LogP contribution in [-0.2, 0) is 0 Å². The summed E-state index contributed by atoms with van der Waals surface area (Å²) in [6.07, 6.45) is 0. The summed E-state index contributed by atoms with van der Waals surface area (Å²) < 4.78 is 7.15. The molecular formula is C6H18IN3Sn. The zero-order valence-corrected chi connectivity index (χ0v) is 13.2. The monoisotopic (exact) mass is 379 g/mol. The van der Waals surface area contributed by atoms with Gasteiger partial charge in [0.2, 0.25) is 0 Å². The van der Waals surface area contributed by atoms with E-state index in [1.54, 1.807) is 0 Å². The SMILES string of the molecule is C[N](C)[Sn]([I])([N](C)C)[N](C)C. The van der Waals surface area contributed by atoms with Gasteiger partial charge in [-0.05, 0) is 0 Å². The van der Waals surface area contributed by atoms with Gasteiger partial charge in [-0.15, -0.1) is 0 Å². The minimum atomic E-state index is -2.27. The summed E-state index contributed by atoms with van der Waals surface area (Å²) in [6, 6.07) is 0. The van der Waals surface area contributed by atoms with Crippen molar-refractivity contribution in [1.82, 2.24) is 9.36 Å². The first-order chi connectivity index (χ1) is 4.83. The Bertz CT molecular complexity index is 105. The Kier molecular flexibility index (Phi) is 5.18. The fraction of sp³-hybridized carbons (Fsp3) is 1.00. The molecule has 0 aliphatic heterocycles. The molecule has 0 aromatic carbocycles. The van der Waals surface area contributed by atoms with Gasteiger partial charge >= 0.3 is 85.5 Å². The molecule has 0 aliphatic rings. The van der Waals surface area contributed by atoms with E-state index in [2.05, 4.69) is 70.3 Å². The molecule has 0 bridgehead atoms. The van der Waals surface area contributed by atoms with Crippen LogP contribution in [0.2, 0.25) is 0 Å². The van der Waals surface area contributed by atoms with Crippen molar-refractivity contribution >= 4 is 33.9 Å². The normalized spacial score (nSPS) is 13.6. The van der Waals surface area contributed by atoms with E-state index < -0.39 is 15.2 Å². The van der Waals surface area contributed by atoms with E-state index in [1.807, 2.05) is 0 Å². The third kappa shape index (κ3) is 2.68. The van der Waals surface area contributed by atoms with E-state index in [0.29, 0.717) is 0 Å². The van der Waals surface area contributed by atoms with Gasteiger partial charge in [0.05, 0.1) is 0 Å². The molecule has 0 unspecified atom stereocenters. The Morgan fingerprint density at radius 2 is 0.909 bits per heavy atom. The summed E-state index contributed by atoms with van der Waals surface area (Å²) in [7, 11) is 13.0. The molecule has 0 saturated heterocycles. The van der Waals surface area contributed by atoms with Crippen molar-refractivity contribution in [2.45, 2.75) is 0 Å². The van der Waals surface area contributed by atoms with Crippen molar-refractivity contribution in [1.29, 1.82) is 0 Å². The van der Waals surface area contributed by atoms with Crippen LogP contribution in [0.1, 0.15) is 0 Å². The van der Waals surface area contributed by atoms with Gasteiger partial charge in [0.25, 0.3) is 0 Å². The van der Waals surface area contributed by atoms with Crippen LogP contribution < -0.4 is 0 Å². The average Bonchev–Trinajstić information content (AvgIpc) is 1.84. The zero-order chi connectivity index (χ0) is 9.23. The number of rotatable bonds is 3. The molecule has 11 heavy (non-hydrogen) atoms. The summed E-state index contributed by atoms with van der Waals surface area (Å²) in [4.78, 5) is 0. The number of hydrogen-bond donors (Lipinski definition) is 0. The molecule has 0 aliphatic carbocycles. The van der Waals surface area contributed by atoms with Gasteiger partial charge in [-0.25, -0.2) is 0 Å². The first-order valence-corrected chi connectivity index (χ1v) is 15.7. The molecule has 68 valence electrons. The molecule has 3 nitrogen and oxygen atoms in total. The third-order valence-electron chi connectivity index (χ3n) is 1.71. The van der Waals surface area contributed by atoms with Crippen LogP contribution in [0.25, 0.3) is 0 Å². The van der Waals surface area contributed by atoms with Crippen molar-refractivity contribution in [3.05, 3.63) is 0 Å². The van der Waals surface area contributed by atoms with E-state index in [4.69, 9.17) is 0 Å². The van der Waals surface area contributed by atoms with Gasteiger partial charge in [-0.1, -0.05) is 0 Å². The van der Waals surface area contributed by atoms with E-state index in [0.717, 1.165) is 0 Å².